The fourth-order valence-corrected chi connectivity index (χ4v) is 6.42. The van der Waals surface area contributed by atoms with Crippen molar-refractivity contribution in [2.45, 2.75) is 94.4 Å². The van der Waals surface area contributed by atoms with Crippen LogP contribution in [0, 0.1) is 17.5 Å². The first-order chi connectivity index (χ1) is 18.7. The minimum atomic E-state index is -3.15. The van der Waals surface area contributed by atoms with Crippen molar-refractivity contribution in [3.8, 4) is 11.1 Å². The molecular formula is C30H35F5N2O2. The zero-order chi connectivity index (χ0) is 27.6. The van der Waals surface area contributed by atoms with Crippen LogP contribution in [-0.2, 0) is 16.0 Å². The van der Waals surface area contributed by atoms with Gasteiger partial charge in [-0.2, -0.15) is 0 Å². The van der Waals surface area contributed by atoms with Gasteiger partial charge in [-0.05, 0) is 61.8 Å². The van der Waals surface area contributed by atoms with Gasteiger partial charge in [-0.3, -0.25) is 4.79 Å². The zero-order valence-electron chi connectivity index (χ0n) is 21.9. The van der Waals surface area contributed by atoms with E-state index in [1.165, 1.54) is 43.9 Å². The molecule has 39 heavy (non-hydrogen) atoms. The van der Waals surface area contributed by atoms with Crippen LogP contribution in [0.2, 0.25) is 0 Å². The predicted octanol–water partition coefficient (Wildman–Crippen LogP) is 6.41. The fourth-order valence-electron chi connectivity index (χ4n) is 6.42. The minimum absolute atomic E-state index is 0.0153. The van der Waals surface area contributed by atoms with Crippen LogP contribution in [0.4, 0.5) is 22.0 Å². The Hall–Kier alpha value is -2.52. The maximum Gasteiger partial charge on any atom is 0.270 e. The Labute approximate surface area is 225 Å². The van der Waals surface area contributed by atoms with E-state index in [2.05, 4.69) is 10.2 Å². The molecule has 2 aliphatic carbocycles. The number of carbonyl (C=O) groups excluding carboxylic acids is 1. The van der Waals surface area contributed by atoms with Crippen LogP contribution in [0.3, 0.4) is 0 Å². The molecule has 3 aliphatic rings. The summed E-state index contributed by atoms with van der Waals surface area (Å²) in [5.74, 6) is -6.45. The van der Waals surface area contributed by atoms with Crippen LogP contribution < -0.4 is 5.32 Å². The Morgan fingerprint density at radius 3 is 2.33 bits per heavy atom. The van der Waals surface area contributed by atoms with Gasteiger partial charge in [-0.25, -0.2) is 22.0 Å². The summed E-state index contributed by atoms with van der Waals surface area (Å²) < 4.78 is 78.8. The summed E-state index contributed by atoms with van der Waals surface area (Å²) in [6.45, 7) is 1.78. The maximum absolute atomic E-state index is 15.2. The smallest absolute Gasteiger partial charge is 0.270 e. The standard InChI is InChI=1S/C30H35F5N2O2/c31-21-15-20(16-22(32)18-21)25-8-3-5-19(28(25)33)17-27(38)36-29-26(9-4-12-30(29,34)35)39-24-10-13-37(14-11-24)23-6-1-2-7-23/h3,5,8,15-16,18,23-24,26,29H,1-2,4,6-7,9-14,17H2,(H,36,38)/t26-,29+/m0/s1. The lowest BCUT2D eigenvalue weighted by Gasteiger charge is -2.42. The van der Waals surface area contributed by atoms with Crippen molar-refractivity contribution in [1.29, 1.82) is 0 Å². The van der Waals surface area contributed by atoms with E-state index in [4.69, 9.17) is 4.74 Å². The molecule has 5 rings (SSSR count). The highest BCUT2D eigenvalue weighted by atomic mass is 19.3. The Bertz CT molecular complexity index is 1140. The number of hydrogen-bond donors (Lipinski definition) is 1. The van der Waals surface area contributed by atoms with Crippen molar-refractivity contribution >= 4 is 5.91 Å². The van der Waals surface area contributed by atoms with Crippen molar-refractivity contribution in [3.63, 3.8) is 0 Å². The van der Waals surface area contributed by atoms with E-state index < -0.39 is 47.8 Å². The molecule has 0 spiro atoms. The number of ether oxygens (including phenoxy) is 1. The molecule has 4 nitrogen and oxygen atoms in total. The van der Waals surface area contributed by atoms with Crippen LogP contribution >= 0.6 is 0 Å². The van der Waals surface area contributed by atoms with Gasteiger partial charge in [0, 0.05) is 37.2 Å². The van der Waals surface area contributed by atoms with Crippen LogP contribution in [0.25, 0.3) is 11.1 Å². The third kappa shape index (κ3) is 6.62. The van der Waals surface area contributed by atoms with Crippen molar-refractivity contribution in [1.82, 2.24) is 10.2 Å². The lowest BCUT2D eigenvalue weighted by Crippen LogP contribution is -2.58. The first-order valence-electron chi connectivity index (χ1n) is 14.0. The van der Waals surface area contributed by atoms with E-state index in [0.717, 1.165) is 38.1 Å². The molecule has 1 heterocycles. The molecule has 2 atom stereocenters. The molecule has 0 aromatic heterocycles. The second-order valence-electron chi connectivity index (χ2n) is 11.2. The molecule has 0 radical (unpaired) electrons. The SMILES string of the molecule is O=C(Cc1cccc(-c2cc(F)cc(F)c2)c1F)N[C@@H]1[C@@H](OC2CCN(C3CCCC3)CC2)CCCC1(F)F. The quantitative estimate of drug-likeness (QED) is 0.405. The maximum atomic E-state index is 15.2. The Morgan fingerprint density at radius 2 is 1.64 bits per heavy atom. The molecule has 2 aromatic rings. The monoisotopic (exact) mass is 550 g/mol. The summed E-state index contributed by atoms with van der Waals surface area (Å²) in [7, 11) is 0. The van der Waals surface area contributed by atoms with E-state index in [9.17, 15) is 13.6 Å². The van der Waals surface area contributed by atoms with E-state index in [-0.39, 0.29) is 29.2 Å². The molecule has 9 heteroatoms. The second kappa shape index (κ2) is 11.9. The van der Waals surface area contributed by atoms with Gasteiger partial charge in [-0.15, -0.1) is 0 Å². The van der Waals surface area contributed by atoms with Crippen molar-refractivity contribution in [3.05, 3.63) is 59.4 Å². The van der Waals surface area contributed by atoms with E-state index in [0.29, 0.717) is 24.9 Å². The summed E-state index contributed by atoms with van der Waals surface area (Å²) in [5.41, 5.74) is -0.143. The number of benzene rings is 2. The first kappa shape index (κ1) is 28.0. The van der Waals surface area contributed by atoms with Crippen LogP contribution in [0.15, 0.2) is 36.4 Å². The molecule has 2 saturated carbocycles. The number of alkyl halides is 2. The average molecular weight is 551 g/mol. The van der Waals surface area contributed by atoms with Crippen molar-refractivity contribution in [2.24, 2.45) is 0 Å². The molecule has 0 unspecified atom stereocenters. The highest BCUT2D eigenvalue weighted by Gasteiger charge is 2.49. The lowest BCUT2D eigenvalue weighted by atomic mass is 9.88. The number of halogens is 5. The largest absolute Gasteiger partial charge is 0.373 e. The highest BCUT2D eigenvalue weighted by molar-refractivity contribution is 5.80. The molecule has 0 bridgehead atoms. The van der Waals surface area contributed by atoms with Crippen molar-refractivity contribution < 1.29 is 31.5 Å². The van der Waals surface area contributed by atoms with E-state index in [1.54, 1.807) is 0 Å². The third-order valence-corrected chi connectivity index (χ3v) is 8.43. The summed E-state index contributed by atoms with van der Waals surface area (Å²) in [4.78, 5) is 15.4. The molecular weight excluding hydrogens is 515 g/mol. The molecule has 212 valence electrons. The third-order valence-electron chi connectivity index (χ3n) is 8.43. The Kier molecular flexibility index (Phi) is 8.57. The number of hydrogen-bond acceptors (Lipinski definition) is 3. The average Bonchev–Trinajstić information content (AvgIpc) is 3.42. The number of rotatable bonds is 7. The Balaban J connectivity index is 1.24. The van der Waals surface area contributed by atoms with E-state index >= 15 is 13.2 Å². The van der Waals surface area contributed by atoms with Crippen LogP contribution in [0.1, 0.15) is 63.4 Å². The summed E-state index contributed by atoms with van der Waals surface area (Å²) in [6.07, 6.45) is 5.42. The van der Waals surface area contributed by atoms with Crippen LogP contribution in [0.5, 0.6) is 0 Å². The summed E-state index contributed by atoms with van der Waals surface area (Å²) >= 11 is 0. The van der Waals surface area contributed by atoms with Gasteiger partial charge < -0.3 is 15.0 Å². The lowest BCUT2D eigenvalue weighted by molar-refractivity contribution is -0.157. The topological polar surface area (TPSA) is 41.6 Å². The Morgan fingerprint density at radius 1 is 0.949 bits per heavy atom. The molecule has 3 fully saturated rings. The van der Waals surface area contributed by atoms with E-state index in [1.807, 2.05) is 0 Å². The van der Waals surface area contributed by atoms with Crippen molar-refractivity contribution in [2.75, 3.05) is 13.1 Å². The summed E-state index contributed by atoms with van der Waals surface area (Å²) in [5, 5.41) is 2.44. The normalized spacial score (nSPS) is 24.6. The number of piperidine rings is 1. The number of nitrogens with one attached hydrogen (secondary N) is 1. The molecule has 1 saturated heterocycles. The second-order valence-corrected chi connectivity index (χ2v) is 11.2. The number of nitrogens with zero attached hydrogens (tertiary/aromatic N) is 1. The number of amides is 1. The zero-order valence-corrected chi connectivity index (χ0v) is 21.9. The van der Waals surface area contributed by atoms with Gasteiger partial charge in [0.15, 0.2) is 0 Å². The fraction of sp³-hybridized carbons (Fsp3) is 0.567. The predicted molar refractivity (Wildman–Crippen MR) is 138 cm³/mol. The minimum Gasteiger partial charge on any atom is -0.373 e. The van der Waals surface area contributed by atoms with Gasteiger partial charge >= 0.3 is 0 Å². The summed E-state index contributed by atoms with van der Waals surface area (Å²) in [6, 6.07) is 5.96. The first-order valence-corrected chi connectivity index (χ1v) is 14.0. The van der Waals surface area contributed by atoms with Crippen LogP contribution in [-0.4, -0.2) is 54.1 Å². The molecule has 1 aliphatic heterocycles. The number of likely N-dealkylation sites (tertiary alicyclic amines) is 1. The molecule has 1 amide bonds. The van der Waals surface area contributed by atoms with Gasteiger partial charge in [0.05, 0.1) is 18.6 Å². The number of carbonyl (C=O) groups is 1. The van der Waals surface area contributed by atoms with Gasteiger partial charge in [-0.1, -0.05) is 31.0 Å². The molecule has 2 aromatic carbocycles. The molecule has 1 N–H and O–H groups in total. The van der Waals surface area contributed by atoms with Gasteiger partial charge in [0.1, 0.15) is 23.5 Å². The highest BCUT2D eigenvalue weighted by Crippen LogP contribution is 2.37. The van der Waals surface area contributed by atoms with Gasteiger partial charge in [0.25, 0.3) is 5.92 Å². The van der Waals surface area contributed by atoms with Gasteiger partial charge in [0.2, 0.25) is 5.91 Å².